The summed E-state index contributed by atoms with van der Waals surface area (Å²) in [6.45, 7) is 1.79. The smallest absolute Gasteiger partial charge is 0.416 e. The number of hydrogen-bond donors (Lipinski definition) is 1. The molecule has 0 atom stereocenters. The lowest BCUT2D eigenvalue weighted by molar-refractivity contribution is -0.137. The lowest BCUT2D eigenvalue weighted by Gasteiger charge is -2.14. The number of carbonyl (C=O) groups excluding carboxylic acids is 3. The minimum atomic E-state index is -4.58. The molecule has 7 nitrogen and oxygen atoms in total. The van der Waals surface area contributed by atoms with Gasteiger partial charge in [-0.3, -0.25) is 19.3 Å². The van der Waals surface area contributed by atoms with Gasteiger partial charge in [-0.1, -0.05) is 35.9 Å². The number of thioether (sulfide) groups is 1. The van der Waals surface area contributed by atoms with Crippen LogP contribution in [0.4, 0.5) is 23.7 Å². The molecule has 1 N–H and O–H groups in total. The SMILES string of the molecule is CCOc1cc(/C=C2\SC(=O)N(CC(=O)Nc3cccc(C(F)(F)F)c3)C2=O)ccc1OCc1ccc(Cl)cc1. The van der Waals surface area contributed by atoms with Crippen LogP contribution in [0.3, 0.4) is 0 Å². The van der Waals surface area contributed by atoms with Gasteiger partial charge in [0.05, 0.1) is 17.1 Å². The van der Waals surface area contributed by atoms with E-state index in [4.69, 9.17) is 21.1 Å². The molecule has 12 heteroatoms. The average molecular weight is 591 g/mol. The monoisotopic (exact) mass is 590 g/mol. The van der Waals surface area contributed by atoms with Crippen LogP contribution >= 0.6 is 23.4 Å². The van der Waals surface area contributed by atoms with E-state index in [1.165, 1.54) is 12.1 Å². The van der Waals surface area contributed by atoms with E-state index in [-0.39, 0.29) is 17.2 Å². The fraction of sp³-hybridized carbons (Fsp3) is 0.179. The minimum Gasteiger partial charge on any atom is -0.490 e. The van der Waals surface area contributed by atoms with Gasteiger partial charge in [0.1, 0.15) is 13.2 Å². The van der Waals surface area contributed by atoms with Crippen molar-refractivity contribution >= 4 is 52.2 Å². The molecule has 1 saturated heterocycles. The number of hydrogen-bond acceptors (Lipinski definition) is 6. The molecule has 1 heterocycles. The molecule has 0 spiro atoms. The number of alkyl halides is 3. The Morgan fingerprint density at radius 1 is 1.02 bits per heavy atom. The van der Waals surface area contributed by atoms with Gasteiger partial charge < -0.3 is 14.8 Å². The van der Waals surface area contributed by atoms with Gasteiger partial charge in [0, 0.05) is 10.7 Å². The van der Waals surface area contributed by atoms with E-state index in [0.717, 1.165) is 28.7 Å². The Balaban J connectivity index is 1.43. The number of benzene rings is 3. The number of nitrogens with one attached hydrogen (secondary N) is 1. The molecule has 3 amide bonds. The highest BCUT2D eigenvalue weighted by Crippen LogP contribution is 2.35. The fourth-order valence-corrected chi connectivity index (χ4v) is 4.61. The standard InChI is InChI=1S/C28H22ClF3N2O5S/c1-2-38-23-12-18(8-11-22(23)39-16-17-6-9-20(29)10-7-17)13-24-26(36)34(27(37)40-24)15-25(35)33-21-5-3-4-19(14-21)28(30,31)32/h3-14H,2,15-16H2,1H3,(H,33,35)/b24-13-. The summed E-state index contributed by atoms with van der Waals surface area (Å²) in [4.78, 5) is 38.6. The van der Waals surface area contributed by atoms with Gasteiger partial charge >= 0.3 is 6.18 Å². The molecule has 0 radical (unpaired) electrons. The second-order valence-electron chi connectivity index (χ2n) is 8.45. The molecule has 1 aliphatic heterocycles. The van der Waals surface area contributed by atoms with E-state index in [9.17, 15) is 27.6 Å². The molecule has 4 rings (SSSR count). The van der Waals surface area contributed by atoms with Crippen molar-refractivity contribution in [1.82, 2.24) is 4.90 Å². The van der Waals surface area contributed by atoms with E-state index in [1.54, 1.807) is 30.3 Å². The fourth-order valence-electron chi connectivity index (χ4n) is 3.65. The zero-order chi connectivity index (χ0) is 28.9. The summed E-state index contributed by atoms with van der Waals surface area (Å²) in [6.07, 6.45) is -3.10. The summed E-state index contributed by atoms with van der Waals surface area (Å²) in [6, 6.07) is 16.3. The Hall–Kier alpha value is -3.96. The maximum atomic E-state index is 12.9. The highest BCUT2D eigenvalue weighted by atomic mass is 35.5. The molecular formula is C28H22ClF3N2O5S. The molecule has 208 valence electrons. The van der Waals surface area contributed by atoms with Crippen molar-refractivity contribution in [1.29, 1.82) is 0 Å². The number of carbonyl (C=O) groups is 3. The zero-order valence-corrected chi connectivity index (χ0v) is 22.5. The predicted octanol–water partition coefficient (Wildman–Crippen LogP) is 7.01. The number of halogens is 4. The summed E-state index contributed by atoms with van der Waals surface area (Å²) >= 11 is 6.57. The van der Waals surface area contributed by atoms with E-state index in [0.29, 0.717) is 40.5 Å². The topological polar surface area (TPSA) is 84.9 Å². The number of nitrogens with zero attached hydrogens (tertiary/aromatic N) is 1. The Labute approximate surface area is 236 Å². The Morgan fingerprint density at radius 3 is 2.48 bits per heavy atom. The van der Waals surface area contributed by atoms with Gasteiger partial charge in [0.25, 0.3) is 11.1 Å². The molecule has 0 aliphatic carbocycles. The van der Waals surface area contributed by atoms with Gasteiger partial charge in [0.15, 0.2) is 11.5 Å². The van der Waals surface area contributed by atoms with Crippen LogP contribution in [0.1, 0.15) is 23.6 Å². The largest absolute Gasteiger partial charge is 0.490 e. The van der Waals surface area contributed by atoms with Crippen molar-refractivity contribution in [3.8, 4) is 11.5 Å². The first-order valence-electron chi connectivity index (χ1n) is 11.9. The number of rotatable bonds is 9. The van der Waals surface area contributed by atoms with Crippen molar-refractivity contribution in [2.75, 3.05) is 18.5 Å². The Kier molecular flexibility index (Phi) is 9.06. The summed E-state index contributed by atoms with van der Waals surface area (Å²) in [5.74, 6) is -0.600. The van der Waals surface area contributed by atoms with E-state index in [1.807, 2.05) is 19.1 Å². The Morgan fingerprint density at radius 2 is 1.77 bits per heavy atom. The molecule has 1 fully saturated rings. The lowest BCUT2D eigenvalue weighted by Crippen LogP contribution is -2.36. The first-order chi connectivity index (χ1) is 19.0. The molecular weight excluding hydrogens is 569 g/mol. The summed E-state index contributed by atoms with van der Waals surface area (Å²) in [7, 11) is 0. The van der Waals surface area contributed by atoms with E-state index >= 15 is 0 Å². The highest BCUT2D eigenvalue weighted by Gasteiger charge is 2.36. The summed E-state index contributed by atoms with van der Waals surface area (Å²) in [5.41, 5.74) is 0.416. The highest BCUT2D eigenvalue weighted by molar-refractivity contribution is 8.18. The second-order valence-corrected chi connectivity index (χ2v) is 9.88. The van der Waals surface area contributed by atoms with Gasteiger partial charge in [0.2, 0.25) is 5.91 Å². The molecule has 0 unspecified atom stereocenters. The Bertz CT molecular complexity index is 1460. The molecule has 3 aromatic carbocycles. The van der Waals surface area contributed by atoms with Crippen LogP contribution in [-0.4, -0.2) is 35.1 Å². The molecule has 0 saturated carbocycles. The third-order valence-electron chi connectivity index (χ3n) is 5.52. The number of amides is 3. The van der Waals surface area contributed by atoms with E-state index < -0.39 is 35.3 Å². The maximum absolute atomic E-state index is 12.9. The average Bonchev–Trinajstić information content (AvgIpc) is 3.16. The number of anilines is 1. The molecule has 3 aromatic rings. The van der Waals surface area contributed by atoms with E-state index in [2.05, 4.69) is 5.32 Å². The van der Waals surface area contributed by atoms with Gasteiger partial charge in [-0.2, -0.15) is 13.2 Å². The van der Waals surface area contributed by atoms with Crippen molar-refractivity contribution in [2.45, 2.75) is 19.7 Å². The van der Waals surface area contributed by atoms with Crippen molar-refractivity contribution in [3.05, 3.63) is 93.3 Å². The first kappa shape index (κ1) is 29.0. The lowest BCUT2D eigenvalue weighted by atomic mass is 10.1. The van der Waals surface area contributed by atoms with Crippen LogP contribution in [0.25, 0.3) is 6.08 Å². The third kappa shape index (κ3) is 7.36. The maximum Gasteiger partial charge on any atom is 0.416 e. The van der Waals surface area contributed by atoms with Crippen LogP contribution in [0, 0.1) is 0 Å². The van der Waals surface area contributed by atoms with Gasteiger partial charge in [-0.25, -0.2) is 0 Å². The van der Waals surface area contributed by atoms with Gasteiger partial charge in [-0.15, -0.1) is 0 Å². The molecule has 40 heavy (non-hydrogen) atoms. The summed E-state index contributed by atoms with van der Waals surface area (Å²) in [5, 5.41) is 2.23. The van der Waals surface area contributed by atoms with Crippen molar-refractivity contribution in [2.24, 2.45) is 0 Å². The normalized spacial score (nSPS) is 14.5. The predicted molar refractivity (Wildman–Crippen MR) is 146 cm³/mol. The van der Waals surface area contributed by atoms with Crippen LogP contribution in [0.2, 0.25) is 5.02 Å². The first-order valence-corrected chi connectivity index (χ1v) is 13.1. The van der Waals surface area contributed by atoms with Crippen LogP contribution in [0.15, 0.2) is 71.6 Å². The van der Waals surface area contributed by atoms with Crippen LogP contribution in [0.5, 0.6) is 11.5 Å². The minimum absolute atomic E-state index is 0.0779. The van der Waals surface area contributed by atoms with Crippen LogP contribution < -0.4 is 14.8 Å². The van der Waals surface area contributed by atoms with Gasteiger partial charge in [-0.05, 0) is 78.4 Å². The third-order valence-corrected chi connectivity index (χ3v) is 6.68. The molecule has 0 aromatic heterocycles. The molecule has 0 bridgehead atoms. The second kappa shape index (κ2) is 12.5. The summed E-state index contributed by atoms with van der Waals surface area (Å²) < 4.78 is 50.4. The molecule has 1 aliphatic rings. The van der Waals surface area contributed by atoms with Crippen LogP contribution in [-0.2, 0) is 22.4 Å². The number of imide groups is 1. The number of ether oxygens (including phenoxy) is 2. The zero-order valence-electron chi connectivity index (χ0n) is 21.0. The van der Waals surface area contributed by atoms with Crippen molar-refractivity contribution in [3.63, 3.8) is 0 Å². The van der Waals surface area contributed by atoms with Crippen molar-refractivity contribution < 1.29 is 37.0 Å². The quantitative estimate of drug-likeness (QED) is 0.270.